The van der Waals surface area contributed by atoms with E-state index in [9.17, 15) is 10.1 Å². The lowest BCUT2D eigenvalue weighted by molar-refractivity contribution is -0.385. The Hall–Kier alpha value is -1.20. The van der Waals surface area contributed by atoms with Crippen molar-refractivity contribution in [1.82, 2.24) is 5.32 Å². The molecule has 4 nitrogen and oxygen atoms in total. The monoisotopic (exact) mass is 284 g/mol. The fourth-order valence-electron chi connectivity index (χ4n) is 1.35. The summed E-state index contributed by atoms with van der Waals surface area (Å²) in [6, 6.07) is 6.79. The van der Waals surface area contributed by atoms with Gasteiger partial charge in [0.25, 0.3) is 5.69 Å². The van der Waals surface area contributed by atoms with Crippen LogP contribution in [0.3, 0.4) is 0 Å². The second kappa shape index (κ2) is 6.40. The zero-order chi connectivity index (χ0) is 12.0. The standard InChI is InChI=1S/C11H13BrN2O2/c1-9(12)8-13-7-6-10-4-2-3-5-11(10)14(15)16/h2-5,13H,1,6-8H2. The summed E-state index contributed by atoms with van der Waals surface area (Å²) in [4.78, 5) is 10.4. The number of nitro groups is 1. The van der Waals surface area contributed by atoms with Gasteiger partial charge in [0, 0.05) is 22.7 Å². The van der Waals surface area contributed by atoms with Gasteiger partial charge in [0.1, 0.15) is 0 Å². The van der Waals surface area contributed by atoms with E-state index in [1.54, 1.807) is 12.1 Å². The van der Waals surface area contributed by atoms with Gasteiger partial charge in [-0.15, -0.1) is 0 Å². The molecule has 1 rings (SSSR count). The average Bonchev–Trinajstić information content (AvgIpc) is 2.24. The van der Waals surface area contributed by atoms with Crippen molar-refractivity contribution in [2.45, 2.75) is 6.42 Å². The summed E-state index contributed by atoms with van der Waals surface area (Å²) in [5.74, 6) is 0. The second-order valence-corrected chi connectivity index (χ2v) is 4.45. The first-order valence-electron chi connectivity index (χ1n) is 4.87. The molecule has 0 aliphatic rings. The van der Waals surface area contributed by atoms with Crippen molar-refractivity contribution in [2.24, 2.45) is 0 Å². The first-order chi connectivity index (χ1) is 7.61. The molecular weight excluding hydrogens is 272 g/mol. The van der Waals surface area contributed by atoms with Crippen molar-refractivity contribution in [3.8, 4) is 0 Å². The maximum atomic E-state index is 10.7. The molecule has 0 fully saturated rings. The number of para-hydroxylation sites is 1. The predicted molar refractivity (Wildman–Crippen MR) is 67.7 cm³/mol. The Bertz CT molecular complexity index is 393. The maximum Gasteiger partial charge on any atom is 0.272 e. The number of hydrogen-bond acceptors (Lipinski definition) is 3. The molecule has 1 aromatic rings. The second-order valence-electron chi connectivity index (χ2n) is 3.33. The molecule has 1 N–H and O–H groups in total. The van der Waals surface area contributed by atoms with Crippen LogP contribution in [0.2, 0.25) is 0 Å². The van der Waals surface area contributed by atoms with Gasteiger partial charge in [0.15, 0.2) is 0 Å². The maximum absolute atomic E-state index is 10.7. The summed E-state index contributed by atoms with van der Waals surface area (Å²) in [5, 5.41) is 13.9. The van der Waals surface area contributed by atoms with E-state index < -0.39 is 0 Å². The van der Waals surface area contributed by atoms with Gasteiger partial charge in [-0.1, -0.05) is 40.7 Å². The molecule has 0 aliphatic heterocycles. The third-order valence-electron chi connectivity index (χ3n) is 2.08. The Balaban J connectivity index is 2.53. The highest BCUT2D eigenvalue weighted by Crippen LogP contribution is 2.17. The summed E-state index contributed by atoms with van der Waals surface area (Å²) in [7, 11) is 0. The fraction of sp³-hybridized carbons (Fsp3) is 0.273. The smallest absolute Gasteiger partial charge is 0.272 e. The van der Waals surface area contributed by atoms with Gasteiger partial charge >= 0.3 is 0 Å². The van der Waals surface area contributed by atoms with Crippen LogP contribution in [0.25, 0.3) is 0 Å². The van der Waals surface area contributed by atoms with Crippen LogP contribution in [0, 0.1) is 10.1 Å². The van der Waals surface area contributed by atoms with Crippen molar-refractivity contribution >= 4 is 21.6 Å². The Labute approximate surface area is 103 Å². The van der Waals surface area contributed by atoms with Crippen LogP contribution in [-0.2, 0) is 6.42 Å². The highest BCUT2D eigenvalue weighted by atomic mass is 79.9. The summed E-state index contributed by atoms with van der Waals surface area (Å²) in [6.07, 6.45) is 0.636. The van der Waals surface area contributed by atoms with Crippen LogP contribution >= 0.6 is 15.9 Å². The van der Waals surface area contributed by atoms with Gasteiger partial charge in [-0.3, -0.25) is 10.1 Å². The average molecular weight is 285 g/mol. The number of hydrogen-bond donors (Lipinski definition) is 1. The molecule has 0 unspecified atom stereocenters. The lowest BCUT2D eigenvalue weighted by Crippen LogP contribution is -2.18. The molecule has 16 heavy (non-hydrogen) atoms. The molecule has 0 spiro atoms. The van der Waals surface area contributed by atoms with Crippen LogP contribution in [0.5, 0.6) is 0 Å². The van der Waals surface area contributed by atoms with Gasteiger partial charge < -0.3 is 5.32 Å². The van der Waals surface area contributed by atoms with Crippen molar-refractivity contribution in [2.75, 3.05) is 13.1 Å². The van der Waals surface area contributed by atoms with E-state index in [1.165, 1.54) is 6.07 Å². The van der Waals surface area contributed by atoms with Crippen LogP contribution in [-0.4, -0.2) is 18.0 Å². The number of nitrogens with one attached hydrogen (secondary N) is 1. The molecule has 0 bridgehead atoms. The van der Waals surface area contributed by atoms with E-state index >= 15 is 0 Å². The highest BCUT2D eigenvalue weighted by molar-refractivity contribution is 9.11. The molecule has 86 valence electrons. The molecule has 0 aromatic heterocycles. The van der Waals surface area contributed by atoms with Gasteiger partial charge in [-0.05, 0) is 13.0 Å². The van der Waals surface area contributed by atoms with Crippen LogP contribution < -0.4 is 5.32 Å². The minimum absolute atomic E-state index is 0.182. The molecule has 0 atom stereocenters. The number of nitro benzene ring substituents is 1. The first kappa shape index (κ1) is 12.9. The third-order valence-corrected chi connectivity index (χ3v) is 2.36. The zero-order valence-electron chi connectivity index (χ0n) is 8.78. The van der Waals surface area contributed by atoms with Crippen molar-refractivity contribution < 1.29 is 4.92 Å². The minimum Gasteiger partial charge on any atom is -0.312 e. The number of rotatable bonds is 6. The van der Waals surface area contributed by atoms with Crippen molar-refractivity contribution in [3.05, 3.63) is 51.0 Å². The van der Waals surface area contributed by atoms with Crippen molar-refractivity contribution in [3.63, 3.8) is 0 Å². The Morgan fingerprint density at radius 3 is 2.81 bits per heavy atom. The zero-order valence-corrected chi connectivity index (χ0v) is 10.4. The van der Waals surface area contributed by atoms with E-state index in [-0.39, 0.29) is 10.6 Å². The van der Waals surface area contributed by atoms with E-state index in [0.29, 0.717) is 19.5 Å². The molecule has 0 saturated heterocycles. The summed E-state index contributed by atoms with van der Waals surface area (Å²) < 4.78 is 0.870. The molecule has 0 saturated carbocycles. The van der Waals surface area contributed by atoms with Gasteiger partial charge in [-0.25, -0.2) is 0 Å². The summed E-state index contributed by atoms with van der Waals surface area (Å²) >= 11 is 3.23. The van der Waals surface area contributed by atoms with E-state index in [2.05, 4.69) is 27.8 Å². The Morgan fingerprint density at radius 1 is 1.50 bits per heavy atom. The lowest BCUT2D eigenvalue weighted by Gasteiger charge is -2.04. The summed E-state index contributed by atoms with van der Waals surface area (Å²) in [6.45, 7) is 5.05. The van der Waals surface area contributed by atoms with E-state index in [0.717, 1.165) is 10.0 Å². The molecule has 0 aliphatic carbocycles. The largest absolute Gasteiger partial charge is 0.312 e. The predicted octanol–water partition coefficient (Wildman–Crippen LogP) is 2.64. The van der Waals surface area contributed by atoms with Gasteiger partial charge in [0.05, 0.1) is 4.92 Å². The molecule has 5 heteroatoms. The minimum atomic E-state index is -0.348. The fourth-order valence-corrected chi connectivity index (χ4v) is 1.55. The topological polar surface area (TPSA) is 55.2 Å². The van der Waals surface area contributed by atoms with Crippen LogP contribution in [0.1, 0.15) is 5.56 Å². The number of benzene rings is 1. The van der Waals surface area contributed by atoms with Crippen LogP contribution in [0.15, 0.2) is 35.3 Å². The molecule has 0 heterocycles. The number of nitrogens with zero attached hydrogens (tertiary/aromatic N) is 1. The molecule has 0 amide bonds. The summed E-state index contributed by atoms with van der Waals surface area (Å²) in [5.41, 5.74) is 0.933. The van der Waals surface area contributed by atoms with E-state index in [1.807, 2.05) is 6.07 Å². The number of halogens is 1. The SMILES string of the molecule is C=C(Br)CNCCc1ccccc1[N+](=O)[O-]. The molecule has 1 aromatic carbocycles. The lowest BCUT2D eigenvalue weighted by atomic mass is 10.1. The normalized spacial score (nSPS) is 10.1. The molecular formula is C11H13BrN2O2. The quantitative estimate of drug-likeness (QED) is 0.496. The third kappa shape index (κ3) is 4.12. The van der Waals surface area contributed by atoms with Gasteiger partial charge in [-0.2, -0.15) is 0 Å². The first-order valence-corrected chi connectivity index (χ1v) is 5.67. The van der Waals surface area contributed by atoms with Gasteiger partial charge in [0.2, 0.25) is 0 Å². The van der Waals surface area contributed by atoms with E-state index in [4.69, 9.17) is 0 Å². The van der Waals surface area contributed by atoms with Crippen LogP contribution in [0.4, 0.5) is 5.69 Å². The Kier molecular flexibility index (Phi) is 5.14. The highest BCUT2D eigenvalue weighted by Gasteiger charge is 2.10. The molecule has 0 radical (unpaired) electrons. The Morgan fingerprint density at radius 2 is 2.19 bits per heavy atom. The van der Waals surface area contributed by atoms with Crippen molar-refractivity contribution in [1.29, 1.82) is 0 Å².